The number of rotatable bonds is 3. The first-order chi connectivity index (χ1) is 11.8. The number of carbonyl (C=O) groups is 2. The van der Waals surface area contributed by atoms with E-state index in [-0.39, 0.29) is 11.8 Å². The summed E-state index contributed by atoms with van der Waals surface area (Å²) in [5, 5.41) is 1.94. The molecule has 1 fully saturated rings. The number of imide groups is 1. The normalized spacial score (nSPS) is 18.7. The van der Waals surface area contributed by atoms with E-state index in [1.54, 1.807) is 12.1 Å². The Hall–Kier alpha value is -2.40. The summed E-state index contributed by atoms with van der Waals surface area (Å²) in [7, 11) is 0. The van der Waals surface area contributed by atoms with Crippen molar-refractivity contribution in [3.63, 3.8) is 0 Å². The lowest BCUT2D eigenvalue weighted by molar-refractivity contribution is -0.120. The van der Waals surface area contributed by atoms with Crippen LogP contribution in [0.4, 0.5) is 5.69 Å². The van der Waals surface area contributed by atoms with Gasteiger partial charge in [-0.25, -0.2) is 4.90 Å². The van der Waals surface area contributed by atoms with E-state index in [0.717, 1.165) is 30.8 Å². The van der Waals surface area contributed by atoms with Crippen LogP contribution in [-0.4, -0.2) is 29.8 Å². The molecule has 2 aliphatic heterocycles. The van der Waals surface area contributed by atoms with Gasteiger partial charge in [-0.05, 0) is 42.8 Å². The lowest BCUT2D eigenvalue weighted by atomic mass is 10.1. The van der Waals surface area contributed by atoms with E-state index in [4.69, 9.17) is 0 Å². The molecule has 2 amide bonds. The van der Waals surface area contributed by atoms with Crippen molar-refractivity contribution in [2.45, 2.75) is 19.3 Å². The van der Waals surface area contributed by atoms with Crippen molar-refractivity contribution >= 4 is 34.4 Å². The third-order valence-electron chi connectivity index (χ3n) is 4.51. The Kier molecular flexibility index (Phi) is 3.94. The Morgan fingerprint density at radius 3 is 2.25 bits per heavy atom. The molecule has 0 bridgehead atoms. The molecule has 4 nitrogen and oxygen atoms in total. The van der Waals surface area contributed by atoms with Crippen LogP contribution in [-0.2, 0) is 9.59 Å². The summed E-state index contributed by atoms with van der Waals surface area (Å²) in [6.07, 6.45) is 3.31. The quantitative estimate of drug-likeness (QED) is 0.804. The van der Waals surface area contributed by atoms with Gasteiger partial charge >= 0.3 is 0 Å². The SMILES string of the molecule is O=C1C(c2cccs2)=C(N2CCCCC2)C(=O)N1c1ccccc1. The number of piperidine rings is 1. The summed E-state index contributed by atoms with van der Waals surface area (Å²) in [5.74, 6) is -0.411. The molecule has 0 spiro atoms. The van der Waals surface area contributed by atoms with E-state index in [0.29, 0.717) is 17.0 Å². The zero-order chi connectivity index (χ0) is 16.5. The topological polar surface area (TPSA) is 40.6 Å². The highest BCUT2D eigenvalue weighted by molar-refractivity contribution is 7.11. The molecule has 0 atom stereocenters. The smallest absolute Gasteiger partial charge is 0.282 e. The van der Waals surface area contributed by atoms with Crippen LogP contribution in [0.15, 0.2) is 53.5 Å². The van der Waals surface area contributed by atoms with E-state index >= 15 is 0 Å². The van der Waals surface area contributed by atoms with Crippen LogP contribution in [0.3, 0.4) is 0 Å². The maximum Gasteiger partial charge on any atom is 0.282 e. The molecule has 2 aliphatic rings. The van der Waals surface area contributed by atoms with Gasteiger partial charge in [-0.3, -0.25) is 9.59 Å². The molecule has 1 saturated heterocycles. The fourth-order valence-electron chi connectivity index (χ4n) is 3.38. The molecule has 0 saturated carbocycles. The largest absolute Gasteiger partial charge is 0.366 e. The zero-order valence-corrected chi connectivity index (χ0v) is 14.1. The molecule has 24 heavy (non-hydrogen) atoms. The first-order valence-electron chi connectivity index (χ1n) is 8.24. The van der Waals surface area contributed by atoms with Gasteiger partial charge in [0.15, 0.2) is 0 Å². The van der Waals surface area contributed by atoms with E-state index in [2.05, 4.69) is 4.90 Å². The van der Waals surface area contributed by atoms with Crippen molar-refractivity contribution in [3.05, 3.63) is 58.4 Å². The number of amides is 2. The number of benzene rings is 1. The third kappa shape index (κ3) is 2.45. The molecule has 122 valence electrons. The summed E-state index contributed by atoms with van der Waals surface area (Å²) < 4.78 is 0. The summed E-state index contributed by atoms with van der Waals surface area (Å²) in [4.78, 5) is 30.5. The van der Waals surface area contributed by atoms with Gasteiger partial charge in [0.1, 0.15) is 5.70 Å². The molecule has 0 N–H and O–H groups in total. The van der Waals surface area contributed by atoms with Crippen LogP contribution in [0.1, 0.15) is 24.1 Å². The van der Waals surface area contributed by atoms with Gasteiger partial charge in [0.25, 0.3) is 11.8 Å². The van der Waals surface area contributed by atoms with Crippen molar-refractivity contribution in [3.8, 4) is 0 Å². The minimum absolute atomic E-state index is 0.198. The molecular formula is C19H18N2O2S. The van der Waals surface area contributed by atoms with Gasteiger partial charge in [-0.15, -0.1) is 11.3 Å². The Balaban J connectivity index is 1.81. The monoisotopic (exact) mass is 338 g/mol. The van der Waals surface area contributed by atoms with E-state index in [9.17, 15) is 9.59 Å². The van der Waals surface area contributed by atoms with E-state index in [1.807, 2.05) is 35.7 Å². The lowest BCUT2D eigenvalue weighted by Gasteiger charge is -2.29. The van der Waals surface area contributed by atoms with Crippen LogP contribution in [0.2, 0.25) is 0 Å². The second kappa shape index (κ2) is 6.24. The van der Waals surface area contributed by atoms with Gasteiger partial charge in [-0.1, -0.05) is 24.3 Å². The molecular weight excluding hydrogens is 320 g/mol. The first-order valence-corrected chi connectivity index (χ1v) is 9.12. The maximum atomic E-state index is 13.1. The highest BCUT2D eigenvalue weighted by Gasteiger charge is 2.42. The number of para-hydroxylation sites is 1. The standard InChI is InChI=1S/C19H18N2O2S/c22-18-16(15-10-7-13-24-15)17(20-11-5-2-6-12-20)19(23)21(18)14-8-3-1-4-9-14/h1,3-4,7-10,13H,2,5-6,11-12H2. The zero-order valence-electron chi connectivity index (χ0n) is 13.3. The maximum absolute atomic E-state index is 13.1. The van der Waals surface area contributed by atoms with Crippen LogP contribution in [0.5, 0.6) is 0 Å². The fraction of sp³-hybridized carbons (Fsp3) is 0.263. The average Bonchev–Trinajstić information content (AvgIpc) is 3.23. The second-order valence-corrected chi connectivity index (χ2v) is 6.98. The molecule has 1 aromatic heterocycles. The average molecular weight is 338 g/mol. The van der Waals surface area contributed by atoms with E-state index < -0.39 is 0 Å². The summed E-state index contributed by atoms with van der Waals surface area (Å²) in [6, 6.07) is 13.0. The highest BCUT2D eigenvalue weighted by Crippen LogP contribution is 2.37. The fourth-order valence-corrected chi connectivity index (χ4v) is 4.15. The third-order valence-corrected chi connectivity index (χ3v) is 5.40. The molecule has 0 radical (unpaired) electrons. The predicted octanol–water partition coefficient (Wildman–Crippen LogP) is 3.52. The van der Waals surface area contributed by atoms with Crippen molar-refractivity contribution in [1.82, 2.24) is 4.90 Å². The van der Waals surface area contributed by atoms with Crippen LogP contribution >= 0.6 is 11.3 Å². The molecule has 0 unspecified atom stereocenters. The van der Waals surface area contributed by atoms with Crippen molar-refractivity contribution in [2.24, 2.45) is 0 Å². The minimum Gasteiger partial charge on any atom is -0.366 e. The van der Waals surface area contributed by atoms with Crippen molar-refractivity contribution < 1.29 is 9.59 Å². The van der Waals surface area contributed by atoms with Gasteiger partial charge in [0.2, 0.25) is 0 Å². The van der Waals surface area contributed by atoms with Gasteiger partial charge in [0.05, 0.1) is 11.3 Å². The number of likely N-dealkylation sites (tertiary alicyclic amines) is 1. The van der Waals surface area contributed by atoms with Crippen LogP contribution in [0, 0.1) is 0 Å². The molecule has 5 heteroatoms. The van der Waals surface area contributed by atoms with Gasteiger partial charge < -0.3 is 4.90 Å². The number of thiophene rings is 1. The van der Waals surface area contributed by atoms with E-state index in [1.165, 1.54) is 22.7 Å². The Bertz CT molecular complexity index is 790. The molecule has 3 heterocycles. The first kappa shape index (κ1) is 15.1. The van der Waals surface area contributed by atoms with Gasteiger partial charge in [-0.2, -0.15) is 0 Å². The number of hydrogen-bond donors (Lipinski definition) is 0. The Labute approximate surface area is 145 Å². The summed E-state index contributed by atoms with van der Waals surface area (Å²) in [5.41, 5.74) is 1.76. The molecule has 4 rings (SSSR count). The number of anilines is 1. The molecule has 0 aliphatic carbocycles. The minimum atomic E-state index is -0.214. The van der Waals surface area contributed by atoms with Crippen molar-refractivity contribution in [1.29, 1.82) is 0 Å². The molecule has 1 aromatic carbocycles. The van der Waals surface area contributed by atoms with Crippen LogP contribution < -0.4 is 4.90 Å². The Morgan fingerprint density at radius 2 is 1.58 bits per heavy atom. The number of hydrogen-bond acceptors (Lipinski definition) is 4. The lowest BCUT2D eigenvalue weighted by Crippen LogP contribution is -2.37. The number of carbonyl (C=O) groups excluding carboxylic acids is 2. The van der Waals surface area contributed by atoms with Gasteiger partial charge in [0, 0.05) is 18.0 Å². The Morgan fingerprint density at radius 1 is 0.833 bits per heavy atom. The summed E-state index contributed by atoms with van der Waals surface area (Å²) >= 11 is 1.51. The predicted molar refractivity (Wildman–Crippen MR) is 95.6 cm³/mol. The highest BCUT2D eigenvalue weighted by atomic mass is 32.1. The number of nitrogens with zero attached hydrogens (tertiary/aromatic N) is 2. The summed E-state index contributed by atoms with van der Waals surface area (Å²) in [6.45, 7) is 1.68. The van der Waals surface area contributed by atoms with Crippen molar-refractivity contribution in [2.75, 3.05) is 18.0 Å². The second-order valence-electron chi connectivity index (χ2n) is 6.03. The molecule has 2 aromatic rings. The van der Waals surface area contributed by atoms with Crippen LogP contribution in [0.25, 0.3) is 5.57 Å².